The molecule has 0 aromatic carbocycles. The third kappa shape index (κ3) is 4.59. The molecule has 2 aromatic rings. The smallest absolute Gasteiger partial charge is 0.409 e. The van der Waals surface area contributed by atoms with Gasteiger partial charge in [-0.3, -0.25) is 9.47 Å². The normalized spacial score (nSPS) is 15.5. The topological polar surface area (TPSA) is 68.7 Å². The summed E-state index contributed by atoms with van der Waals surface area (Å²) in [6.45, 7) is 10.5. The Morgan fingerprint density at radius 3 is 2.67 bits per heavy atom. The summed E-state index contributed by atoms with van der Waals surface area (Å²) in [6.07, 6.45) is 1.43. The van der Waals surface area contributed by atoms with Gasteiger partial charge in [0.05, 0.1) is 26.1 Å². The van der Waals surface area contributed by atoms with Crippen LogP contribution in [0.1, 0.15) is 38.3 Å². The van der Waals surface area contributed by atoms with E-state index in [1.165, 1.54) is 0 Å². The molecule has 9 heteroatoms. The molecule has 0 bridgehead atoms. The fraction of sp³-hybridized carbons (Fsp3) is 0.611. The van der Waals surface area contributed by atoms with Gasteiger partial charge in [-0.2, -0.15) is 5.10 Å². The van der Waals surface area contributed by atoms with E-state index in [-0.39, 0.29) is 12.0 Å². The Hall–Kier alpha value is -2.13. The van der Waals surface area contributed by atoms with Gasteiger partial charge in [0.1, 0.15) is 11.6 Å². The van der Waals surface area contributed by atoms with Crippen LogP contribution in [0.4, 0.5) is 4.79 Å². The SMILES string of the molecule is CCOC(=O)N1CCN(Cn2nc(C(C)C)n(Cc3ccco3)c2=S)CC1. The number of furan rings is 1. The Bertz CT molecular complexity index is 804. The van der Waals surface area contributed by atoms with Crippen LogP contribution in [0, 0.1) is 4.77 Å². The molecule has 0 unspecified atom stereocenters. The van der Waals surface area contributed by atoms with Crippen molar-refractivity contribution in [2.24, 2.45) is 0 Å². The van der Waals surface area contributed by atoms with E-state index in [0.717, 1.165) is 24.7 Å². The molecule has 3 rings (SSSR count). The molecule has 0 saturated carbocycles. The molecule has 8 nitrogen and oxygen atoms in total. The number of rotatable bonds is 6. The highest BCUT2D eigenvalue weighted by Crippen LogP contribution is 2.17. The lowest BCUT2D eigenvalue weighted by molar-refractivity contribution is 0.0690. The Morgan fingerprint density at radius 1 is 1.33 bits per heavy atom. The molecule has 1 amide bonds. The second-order valence-corrected chi connectivity index (χ2v) is 7.27. The second kappa shape index (κ2) is 8.71. The van der Waals surface area contributed by atoms with Gasteiger partial charge in [0.25, 0.3) is 0 Å². The van der Waals surface area contributed by atoms with Gasteiger partial charge in [-0.15, -0.1) is 0 Å². The second-order valence-electron chi connectivity index (χ2n) is 6.91. The molecule has 0 N–H and O–H groups in total. The Morgan fingerprint density at radius 2 is 2.07 bits per heavy atom. The largest absolute Gasteiger partial charge is 0.467 e. The van der Waals surface area contributed by atoms with Gasteiger partial charge < -0.3 is 14.1 Å². The van der Waals surface area contributed by atoms with Crippen LogP contribution in [-0.2, 0) is 18.0 Å². The molecule has 2 aromatic heterocycles. The van der Waals surface area contributed by atoms with Crippen molar-refractivity contribution in [2.75, 3.05) is 32.8 Å². The zero-order valence-corrected chi connectivity index (χ0v) is 16.9. The van der Waals surface area contributed by atoms with Gasteiger partial charge in [-0.25, -0.2) is 9.48 Å². The van der Waals surface area contributed by atoms with Gasteiger partial charge in [-0.05, 0) is 31.3 Å². The lowest BCUT2D eigenvalue weighted by atomic mass is 10.2. The van der Waals surface area contributed by atoms with E-state index in [1.54, 1.807) is 11.2 Å². The van der Waals surface area contributed by atoms with Gasteiger partial charge in [0.15, 0.2) is 4.77 Å². The van der Waals surface area contributed by atoms with Crippen molar-refractivity contribution in [3.05, 3.63) is 34.8 Å². The van der Waals surface area contributed by atoms with Gasteiger partial charge in [0, 0.05) is 32.1 Å². The predicted molar refractivity (Wildman–Crippen MR) is 103 cm³/mol. The van der Waals surface area contributed by atoms with Crippen LogP contribution in [0.3, 0.4) is 0 Å². The minimum atomic E-state index is -0.237. The summed E-state index contributed by atoms with van der Waals surface area (Å²) in [5.74, 6) is 2.06. The molecular weight excluding hydrogens is 366 g/mol. The standard InChI is InChI=1S/C18H27N5O3S/c1-4-25-18(24)21-9-7-20(8-10-21)13-23-17(27)22(16(19-23)14(2)3)12-15-6-5-11-26-15/h5-6,11,14H,4,7-10,12-13H2,1-3H3. The Kier molecular flexibility index (Phi) is 6.33. The molecule has 148 valence electrons. The van der Waals surface area contributed by atoms with Gasteiger partial charge in [0.2, 0.25) is 0 Å². The maximum absolute atomic E-state index is 11.8. The lowest BCUT2D eigenvalue weighted by Gasteiger charge is -2.33. The van der Waals surface area contributed by atoms with Gasteiger partial charge >= 0.3 is 6.09 Å². The van der Waals surface area contributed by atoms with Crippen LogP contribution in [0.2, 0.25) is 0 Å². The summed E-state index contributed by atoms with van der Waals surface area (Å²) in [4.78, 5) is 15.8. The van der Waals surface area contributed by atoms with Crippen molar-refractivity contribution in [1.82, 2.24) is 24.1 Å². The summed E-state index contributed by atoms with van der Waals surface area (Å²) in [5, 5.41) is 4.75. The van der Waals surface area contributed by atoms with E-state index in [1.807, 2.05) is 28.3 Å². The van der Waals surface area contributed by atoms with E-state index in [4.69, 9.17) is 26.5 Å². The number of hydrogen-bond acceptors (Lipinski definition) is 6. The summed E-state index contributed by atoms with van der Waals surface area (Å²) >= 11 is 5.68. The minimum Gasteiger partial charge on any atom is -0.467 e. The van der Waals surface area contributed by atoms with Crippen LogP contribution in [0.5, 0.6) is 0 Å². The van der Waals surface area contributed by atoms with Crippen molar-refractivity contribution in [3.8, 4) is 0 Å². The Labute approximate surface area is 164 Å². The molecule has 0 radical (unpaired) electrons. The molecule has 0 aliphatic carbocycles. The Balaban J connectivity index is 1.69. The van der Waals surface area contributed by atoms with Crippen molar-refractivity contribution < 1.29 is 13.9 Å². The molecule has 1 fully saturated rings. The van der Waals surface area contributed by atoms with E-state index in [9.17, 15) is 4.79 Å². The first-order valence-corrected chi connectivity index (χ1v) is 9.74. The number of piperazine rings is 1. The van der Waals surface area contributed by atoms with Crippen LogP contribution in [0.15, 0.2) is 22.8 Å². The fourth-order valence-electron chi connectivity index (χ4n) is 3.16. The molecule has 1 aliphatic heterocycles. The third-order valence-electron chi connectivity index (χ3n) is 4.59. The monoisotopic (exact) mass is 393 g/mol. The number of carbonyl (C=O) groups is 1. The number of aromatic nitrogens is 3. The van der Waals surface area contributed by atoms with Crippen molar-refractivity contribution >= 4 is 18.3 Å². The van der Waals surface area contributed by atoms with E-state index < -0.39 is 0 Å². The molecular formula is C18H27N5O3S. The first kappa shape index (κ1) is 19.6. The van der Waals surface area contributed by atoms with Crippen molar-refractivity contribution in [1.29, 1.82) is 0 Å². The van der Waals surface area contributed by atoms with Crippen LogP contribution < -0.4 is 0 Å². The number of hydrogen-bond donors (Lipinski definition) is 0. The van der Waals surface area contributed by atoms with E-state index in [0.29, 0.717) is 37.7 Å². The highest BCUT2D eigenvalue weighted by molar-refractivity contribution is 7.71. The minimum absolute atomic E-state index is 0.237. The third-order valence-corrected chi connectivity index (χ3v) is 5.03. The van der Waals surface area contributed by atoms with Crippen LogP contribution >= 0.6 is 12.2 Å². The summed E-state index contributed by atoms with van der Waals surface area (Å²) in [7, 11) is 0. The summed E-state index contributed by atoms with van der Waals surface area (Å²) in [6, 6.07) is 3.82. The zero-order chi connectivity index (χ0) is 19.4. The van der Waals surface area contributed by atoms with Crippen molar-refractivity contribution in [2.45, 2.75) is 39.9 Å². The van der Waals surface area contributed by atoms with Crippen molar-refractivity contribution in [3.63, 3.8) is 0 Å². The van der Waals surface area contributed by atoms with Gasteiger partial charge in [-0.1, -0.05) is 13.8 Å². The fourth-order valence-corrected chi connectivity index (χ4v) is 3.42. The molecule has 3 heterocycles. The van der Waals surface area contributed by atoms with Crippen LogP contribution in [0.25, 0.3) is 0 Å². The molecule has 1 saturated heterocycles. The number of carbonyl (C=O) groups excluding carboxylic acids is 1. The number of amides is 1. The first-order valence-electron chi connectivity index (χ1n) is 9.33. The summed E-state index contributed by atoms with van der Waals surface area (Å²) < 4.78 is 15.1. The highest BCUT2D eigenvalue weighted by Gasteiger charge is 2.23. The maximum Gasteiger partial charge on any atom is 0.409 e. The molecule has 0 atom stereocenters. The number of ether oxygens (including phenoxy) is 1. The quantitative estimate of drug-likeness (QED) is 0.703. The molecule has 27 heavy (non-hydrogen) atoms. The van der Waals surface area contributed by atoms with E-state index >= 15 is 0 Å². The molecule has 0 spiro atoms. The maximum atomic E-state index is 11.8. The predicted octanol–water partition coefficient (Wildman–Crippen LogP) is 2.91. The number of nitrogens with zero attached hydrogens (tertiary/aromatic N) is 5. The molecule has 1 aliphatic rings. The lowest BCUT2D eigenvalue weighted by Crippen LogP contribution is -2.49. The summed E-state index contributed by atoms with van der Waals surface area (Å²) in [5.41, 5.74) is 0. The average molecular weight is 394 g/mol. The first-order chi connectivity index (χ1) is 13.0. The highest BCUT2D eigenvalue weighted by atomic mass is 32.1. The average Bonchev–Trinajstić information content (AvgIpc) is 3.26. The zero-order valence-electron chi connectivity index (χ0n) is 16.1. The van der Waals surface area contributed by atoms with Crippen LogP contribution in [-0.4, -0.2) is 63.0 Å². The van der Waals surface area contributed by atoms with E-state index in [2.05, 4.69) is 18.7 Å².